The van der Waals surface area contributed by atoms with Gasteiger partial charge in [-0.25, -0.2) is 4.99 Å². The summed E-state index contributed by atoms with van der Waals surface area (Å²) in [6, 6.07) is 7.26. The van der Waals surface area contributed by atoms with Gasteiger partial charge in [0.05, 0.1) is 11.4 Å². The Hall–Kier alpha value is -2.00. The number of carbonyl (C=O) groups is 1. The van der Waals surface area contributed by atoms with Crippen molar-refractivity contribution in [1.82, 2.24) is 5.32 Å². The van der Waals surface area contributed by atoms with E-state index in [1.807, 2.05) is 38.4 Å². The summed E-state index contributed by atoms with van der Waals surface area (Å²) in [5.74, 6) is -0.0848. The van der Waals surface area contributed by atoms with Crippen LogP contribution in [0, 0.1) is 17.4 Å². The molecular formula is C14H18N4OS. The van der Waals surface area contributed by atoms with Crippen molar-refractivity contribution in [2.75, 3.05) is 11.6 Å². The van der Waals surface area contributed by atoms with E-state index in [4.69, 9.17) is 5.26 Å². The molecule has 0 spiro atoms. The number of aliphatic imine (C=N–C) groups is 1. The van der Waals surface area contributed by atoms with Crippen molar-refractivity contribution >= 4 is 34.2 Å². The molecule has 0 aliphatic heterocycles. The molecule has 0 aliphatic carbocycles. The third-order valence-electron chi connectivity index (χ3n) is 2.80. The molecule has 1 rings (SSSR count). The van der Waals surface area contributed by atoms with Gasteiger partial charge < -0.3 is 5.32 Å². The molecular weight excluding hydrogens is 272 g/mol. The lowest BCUT2D eigenvalue weighted by Gasteiger charge is -2.12. The molecule has 5 nitrogen and oxygen atoms in total. The molecule has 0 aromatic heterocycles. The smallest absolute Gasteiger partial charge is 0.227 e. The van der Waals surface area contributed by atoms with Crippen LogP contribution in [-0.4, -0.2) is 17.3 Å². The number of rotatable bonds is 4. The number of nitrogens with one attached hydrogen (secondary N) is 2. The number of thioether (sulfide) groups is 1. The van der Waals surface area contributed by atoms with Crippen LogP contribution in [0.25, 0.3) is 0 Å². The summed E-state index contributed by atoms with van der Waals surface area (Å²) in [5, 5.41) is 14.5. The van der Waals surface area contributed by atoms with Gasteiger partial charge in [-0.3, -0.25) is 10.1 Å². The maximum Gasteiger partial charge on any atom is 0.227 e. The molecule has 106 valence electrons. The summed E-state index contributed by atoms with van der Waals surface area (Å²) in [5.41, 5.74) is 1.26. The first-order valence-electron chi connectivity index (χ1n) is 6.30. The zero-order valence-electron chi connectivity index (χ0n) is 11.8. The molecule has 0 bridgehead atoms. The zero-order chi connectivity index (χ0) is 15.0. The fourth-order valence-corrected chi connectivity index (χ4v) is 1.74. The van der Waals surface area contributed by atoms with E-state index in [0.717, 1.165) is 6.42 Å². The molecule has 0 heterocycles. The number of anilines is 1. The molecule has 1 aromatic carbocycles. The van der Waals surface area contributed by atoms with Crippen LogP contribution < -0.4 is 10.6 Å². The second-order valence-corrected chi connectivity index (χ2v) is 4.97. The predicted octanol–water partition coefficient (Wildman–Crippen LogP) is 3.09. The number of benzene rings is 1. The average molecular weight is 290 g/mol. The Morgan fingerprint density at radius 1 is 1.50 bits per heavy atom. The largest absolute Gasteiger partial charge is 0.324 e. The van der Waals surface area contributed by atoms with Crippen molar-refractivity contribution < 1.29 is 4.79 Å². The van der Waals surface area contributed by atoms with Crippen LogP contribution in [0.3, 0.4) is 0 Å². The number of nitrogens with zero attached hydrogens (tertiary/aromatic N) is 2. The van der Waals surface area contributed by atoms with Gasteiger partial charge in [-0.05, 0) is 24.8 Å². The topological polar surface area (TPSA) is 77.3 Å². The van der Waals surface area contributed by atoms with E-state index >= 15 is 0 Å². The lowest BCUT2D eigenvalue weighted by atomic mass is 10.1. The second kappa shape index (κ2) is 8.23. The number of para-hydroxylation sites is 2. The van der Waals surface area contributed by atoms with Crippen LogP contribution in [0.4, 0.5) is 11.4 Å². The lowest BCUT2D eigenvalue weighted by molar-refractivity contribution is -0.119. The molecule has 2 N–H and O–H groups in total. The van der Waals surface area contributed by atoms with E-state index in [9.17, 15) is 4.79 Å². The van der Waals surface area contributed by atoms with Crippen LogP contribution in [0.2, 0.25) is 0 Å². The van der Waals surface area contributed by atoms with Crippen molar-refractivity contribution in [3.8, 4) is 6.19 Å². The Morgan fingerprint density at radius 3 is 2.80 bits per heavy atom. The van der Waals surface area contributed by atoms with Gasteiger partial charge >= 0.3 is 0 Å². The number of amides is 1. The van der Waals surface area contributed by atoms with E-state index in [2.05, 4.69) is 15.6 Å². The van der Waals surface area contributed by atoms with E-state index in [1.165, 1.54) is 11.8 Å². The molecule has 20 heavy (non-hydrogen) atoms. The van der Waals surface area contributed by atoms with Crippen LogP contribution in [0.1, 0.15) is 20.3 Å². The fourth-order valence-electron chi connectivity index (χ4n) is 1.40. The lowest BCUT2D eigenvalue weighted by Crippen LogP contribution is -2.19. The van der Waals surface area contributed by atoms with Gasteiger partial charge in [0, 0.05) is 5.92 Å². The number of nitriles is 1. The monoisotopic (exact) mass is 290 g/mol. The normalized spacial score (nSPS) is 12.4. The molecule has 0 fully saturated rings. The molecule has 0 radical (unpaired) electrons. The van der Waals surface area contributed by atoms with Crippen molar-refractivity contribution in [3.63, 3.8) is 0 Å². The highest BCUT2D eigenvalue weighted by molar-refractivity contribution is 8.13. The Morgan fingerprint density at radius 2 is 2.20 bits per heavy atom. The first kappa shape index (κ1) is 16.1. The number of hydrogen-bond donors (Lipinski definition) is 2. The van der Waals surface area contributed by atoms with Gasteiger partial charge in [0.2, 0.25) is 5.91 Å². The molecule has 0 saturated carbocycles. The highest BCUT2D eigenvalue weighted by Crippen LogP contribution is 2.26. The van der Waals surface area contributed by atoms with Gasteiger partial charge in [-0.1, -0.05) is 37.7 Å². The van der Waals surface area contributed by atoms with E-state index in [0.29, 0.717) is 16.5 Å². The average Bonchev–Trinajstić information content (AvgIpc) is 2.47. The third-order valence-corrected chi connectivity index (χ3v) is 3.38. The Kier molecular flexibility index (Phi) is 6.60. The maximum absolute atomic E-state index is 11.9. The Bertz CT molecular complexity index is 536. The van der Waals surface area contributed by atoms with Gasteiger partial charge in [0.15, 0.2) is 11.4 Å². The van der Waals surface area contributed by atoms with Crippen molar-refractivity contribution in [2.45, 2.75) is 20.3 Å². The summed E-state index contributed by atoms with van der Waals surface area (Å²) >= 11 is 1.33. The van der Waals surface area contributed by atoms with Crippen LogP contribution in [0.15, 0.2) is 29.3 Å². The standard InChI is InChI=1S/C14H18N4OS/c1-4-10(2)13(19)17-11-7-5-6-8-12(11)18-14(20-3)16-9-15/h5-8,10H,4H2,1-3H3,(H,16,18)(H,17,19). The van der Waals surface area contributed by atoms with Gasteiger partial charge in [0.1, 0.15) is 0 Å². The zero-order valence-corrected chi connectivity index (χ0v) is 12.6. The third kappa shape index (κ3) is 4.59. The molecule has 1 amide bonds. The van der Waals surface area contributed by atoms with Crippen LogP contribution >= 0.6 is 11.8 Å². The molecule has 1 aromatic rings. The van der Waals surface area contributed by atoms with Crippen molar-refractivity contribution in [1.29, 1.82) is 5.26 Å². The summed E-state index contributed by atoms with van der Waals surface area (Å²) in [7, 11) is 0. The van der Waals surface area contributed by atoms with E-state index in [1.54, 1.807) is 12.1 Å². The molecule has 0 aliphatic rings. The Balaban J connectivity index is 2.99. The quantitative estimate of drug-likeness (QED) is 0.386. The number of hydrogen-bond acceptors (Lipinski definition) is 4. The first-order chi connectivity index (χ1) is 9.62. The van der Waals surface area contributed by atoms with Gasteiger partial charge in [0.25, 0.3) is 0 Å². The molecule has 1 unspecified atom stereocenters. The summed E-state index contributed by atoms with van der Waals surface area (Å²) in [4.78, 5) is 16.3. The molecule has 6 heteroatoms. The van der Waals surface area contributed by atoms with Crippen LogP contribution in [0.5, 0.6) is 0 Å². The second-order valence-electron chi connectivity index (χ2n) is 4.17. The Labute approximate surface area is 123 Å². The van der Waals surface area contributed by atoms with Crippen LogP contribution in [-0.2, 0) is 4.79 Å². The number of carbonyl (C=O) groups excluding carboxylic acids is 1. The summed E-state index contributed by atoms with van der Waals surface area (Å²) in [6.45, 7) is 3.85. The fraction of sp³-hybridized carbons (Fsp3) is 0.357. The van der Waals surface area contributed by atoms with Gasteiger partial charge in [-0.15, -0.1) is 0 Å². The first-order valence-corrected chi connectivity index (χ1v) is 7.52. The highest BCUT2D eigenvalue weighted by Gasteiger charge is 2.12. The molecule has 0 saturated heterocycles. The minimum atomic E-state index is -0.0516. The number of amidine groups is 1. The maximum atomic E-state index is 11.9. The highest BCUT2D eigenvalue weighted by atomic mass is 32.2. The van der Waals surface area contributed by atoms with E-state index in [-0.39, 0.29) is 11.8 Å². The predicted molar refractivity (Wildman–Crippen MR) is 83.9 cm³/mol. The minimum absolute atomic E-state index is 0.0332. The van der Waals surface area contributed by atoms with Gasteiger partial charge in [-0.2, -0.15) is 5.26 Å². The van der Waals surface area contributed by atoms with E-state index < -0.39 is 0 Å². The van der Waals surface area contributed by atoms with Crippen molar-refractivity contribution in [2.24, 2.45) is 10.9 Å². The summed E-state index contributed by atoms with van der Waals surface area (Å²) < 4.78 is 0. The molecule has 1 atom stereocenters. The minimum Gasteiger partial charge on any atom is -0.324 e. The summed E-state index contributed by atoms with van der Waals surface area (Å²) in [6.07, 6.45) is 4.44. The SMILES string of the molecule is CCC(C)C(=O)Nc1ccccc1N=C(NC#N)SC. The van der Waals surface area contributed by atoms with Crippen molar-refractivity contribution in [3.05, 3.63) is 24.3 Å².